The summed E-state index contributed by atoms with van der Waals surface area (Å²) in [4.78, 5) is 22.0. The first-order valence-corrected chi connectivity index (χ1v) is 7.04. The van der Waals surface area contributed by atoms with E-state index in [-0.39, 0.29) is 23.7 Å². The normalized spacial score (nSPS) is 16.5. The maximum absolute atomic E-state index is 11.3. The van der Waals surface area contributed by atoms with Gasteiger partial charge in [0.05, 0.1) is 0 Å². The Morgan fingerprint density at radius 1 is 1.19 bits per heavy atom. The molecule has 0 N–H and O–H groups in total. The molecule has 0 aromatic rings. The molecule has 16 heavy (non-hydrogen) atoms. The topological polar surface area (TPSA) is 52.6 Å². The molecule has 1 heterocycles. The standard InChI is InChI=1S/C11H17O4S/c1-2-10(12)14-9-15-11(13)8-16-6-4-3-5-7-16/h2H,1,3-9H2/q+1. The second kappa shape index (κ2) is 7.33. The van der Waals surface area contributed by atoms with Crippen LogP contribution >= 0.6 is 0 Å². The van der Waals surface area contributed by atoms with Gasteiger partial charge < -0.3 is 9.47 Å². The third kappa shape index (κ3) is 5.21. The number of hydrogen-bond acceptors (Lipinski definition) is 4. The van der Waals surface area contributed by atoms with Gasteiger partial charge in [0.15, 0.2) is 0 Å². The molecule has 0 aliphatic carbocycles. The van der Waals surface area contributed by atoms with Gasteiger partial charge in [-0.2, -0.15) is 0 Å². The Morgan fingerprint density at radius 3 is 2.50 bits per heavy atom. The first kappa shape index (κ1) is 13.1. The van der Waals surface area contributed by atoms with Crippen LogP contribution in [0.3, 0.4) is 0 Å². The molecule has 0 amide bonds. The first-order valence-electron chi connectivity index (χ1n) is 5.31. The van der Waals surface area contributed by atoms with Gasteiger partial charge in [0, 0.05) is 6.08 Å². The molecule has 1 aliphatic rings. The number of ether oxygens (including phenoxy) is 2. The summed E-state index contributed by atoms with van der Waals surface area (Å²) >= 11 is 0. The monoisotopic (exact) mass is 245 g/mol. The van der Waals surface area contributed by atoms with Gasteiger partial charge in [-0.25, -0.2) is 9.59 Å². The molecular formula is C11H17O4S+. The van der Waals surface area contributed by atoms with Crippen molar-refractivity contribution in [2.24, 2.45) is 0 Å². The zero-order valence-electron chi connectivity index (χ0n) is 9.28. The molecule has 0 unspecified atom stereocenters. The van der Waals surface area contributed by atoms with Gasteiger partial charge in [-0.05, 0) is 30.2 Å². The van der Waals surface area contributed by atoms with Gasteiger partial charge in [-0.3, -0.25) is 0 Å². The van der Waals surface area contributed by atoms with E-state index in [9.17, 15) is 9.59 Å². The van der Waals surface area contributed by atoms with E-state index in [0.717, 1.165) is 17.6 Å². The average Bonchev–Trinajstić information content (AvgIpc) is 2.30. The van der Waals surface area contributed by atoms with Crippen LogP contribution < -0.4 is 0 Å². The number of rotatable bonds is 5. The van der Waals surface area contributed by atoms with Crippen molar-refractivity contribution in [3.63, 3.8) is 0 Å². The molecule has 0 saturated carbocycles. The van der Waals surface area contributed by atoms with Crippen molar-refractivity contribution in [2.45, 2.75) is 19.3 Å². The fourth-order valence-corrected chi connectivity index (χ4v) is 3.59. The lowest BCUT2D eigenvalue weighted by Gasteiger charge is -2.12. The van der Waals surface area contributed by atoms with E-state index in [4.69, 9.17) is 4.74 Å². The second-order valence-electron chi connectivity index (χ2n) is 3.53. The average molecular weight is 245 g/mol. The highest BCUT2D eigenvalue weighted by Gasteiger charge is 2.25. The van der Waals surface area contributed by atoms with Gasteiger partial charge in [-0.15, -0.1) is 0 Å². The fraction of sp³-hybridized carbons (Fsp3) is 0.636. The Labute approximate surface area is 98.3 Å². The van der Waals surface area contributed by atoms with Crippen LogP contribution in [0.15, 0.2) is 12.7 Å². The first-order chi connectivity index (χ1) is 7.72. The predicted molar refractivity (Wildman–Crippen MR) is 63.1 cm³/mol. The van der Waals surface area contributed by atoms with Crippen LogP contribution in [0.5, 0.6) is 0 Å². The molecule has 0 aromatic heterocycles. The summed E-state index contributed by atoms with van der Waals surface area (Å²) < 4.78 is 9.35. The van der Waals surface area contributed by atoms with E-state index in [1.165, 1.54) is 19.3 Å². The summed E-state index contributed by atoms with van der Waals surface area (Å²) in [6.07, 6.45) is 4.73. The van der Waals surface area contributed by atoms with Crippen molar-refractivity contribution in [1.29, 1.82) is 0 Å². The Bertz CT molecular complexity index is 259. The highest BCUT2D eigenvalue weighted by molar-refractivity contribution is 7.97. The van der Waals surface area contributed by atoms with Gasteiger partial charge in [0.25, 0.3) is 0 Å². The largest absolute Gasteiger partial charge is 0.425 e. The zero-order valence-corrected chi connectivity index (χ0v) is 10.1. The Morgan fingerprint density at radius 2 is 1.88 bits per heavy atom. The summed E-state index contributed by atoms with van der Waals surface area (Å²) in [5, 5.41) is 0. The predicted octanol–water partition coefficient (Wildman–Crippen LogP) is 1.02. The van der Waals surface area contributed by atoms with Crippen LogP contribution in [0.1, 0.15) is 19.3 Å². The van der Waals surface area contributed by atoms with Crippen LogP contribution in [-0.2, 0) is 30.0 Å². The second-order valence-corrected chi connectivity index (χ2v) is 5.86. The molecule has 4 nitrogen and oxygen atoms in total. The molecule has 0 radical (unpaired) electrons. The van der Waals surface area contributed by atoms with Crippen LogP contribution in [0, 0.1) is 0 Å². The molecule has 0 aromatic carbocycles. The van der Waals surface area contributed by atoms with Gasteiger partial charge in [0.2, 0.25) is 12.5 Å². The lowest BCUT2D eigenvalue weighted by molar-refractivity contribution is -0.161. The Hall–Kier alpha value is -0.970. The smallest absolute Gasteiger partial charge is 0.359 e. The van der Waals surface area contributed by atoms with E-state index < -0.39 is 5.97 Å². The van der Waals surface area contributed by atoms with E-state index >= 15 is 0 Å². The Kier molecular flexibility index (Phi) is 6.00. The minimum atomic E-state index is -0.576. The summed E-state index contributed by atoms with van der Waals surface area (Å²) in [6, 6.07) is 0. The molecule has 1 rings (SSSR count). The molecule has 0 atom stereocenters. The molecule has 1 aliphatic heterocycles. The number of esters is 2. The third-order valence-electron chi connectivity index (χ3n) is 2.28. The summed E-state index contributed by atoms with van der Waals surface area (Å²) in [7, 11) is 0.174. The van der Waals surface area contributed by atoms with Crippen molar-refractivity contribution >= 4 is 22.8 Å². The summed E-state index contributed by atoms with van der Waals surface area (Å²) in [6.45, 7) is 2.93. The summed E-state index contributed by atoms with van der Waals surface area (Å²) in [5.74, 6) is 1.87. The molecule has 1 saturated heterocycles. The van der Waals surface area contributed by atoms with Gasteiger partial charge in [0.1, 0.15) is 11.5 Å². The van der Waals surface area contributed by atoms with Gasteiger partial charge >= 0.3 is 11.9 Å². The van der Waals surface area contributed by atoms with Crippen molar-refractivity contribution in [3.8, 4) is 0 Å². The highest BCUT2D eigenvalue weighted by atomic mass is 32.2. The van der Waals surface area contributed by atoms with Crippen molar-refractivity contribution in [3.05, 3.63) is 12.7 Å². The minimum absolute atomic E-state index is 0.174. The van der Waals surface area contributed by atoms with Crippen LogP contribution in [-0.4, -0.2) is 36.0 Å². The number of carbonyl (C=O) groups excluding carboxylic acids is 2. The van der Waals surface area contributed by atoms with Crippen LogP contribution in [0.4, 0.5) is 0 Å². The maximum Gasteiger partial charge on any atom is 0.359 e. The molecule has 5 heteroatoms. The number of carbonyl (C=O) groups is 2. The van der Waals surface area contributed by atoms with Crippen molar-refractivity contribution in [1.82, 2.24) is 0 Å². The molecular weight excluding hydrogens is 228 g/mol. The van der Waals surface area contributed by atoms with Gasteiger partial charge in [-0.1, -0.05) is 6.58 Å². The molecule has 90 valence electrons. The lowest BCUT2D eigenvalue weighted by atomic mass is 10.3. The van der Waals surface area contributed by atoms with E-state index in [1.54, 1.807) is 0 Å². The van der Waals surface area contributed by atoms with Crippen LogP contribution in [0.25, 0.3) is 0 Å². The quantitative estimate of drug-likeness (QED) is 0.314. The zero-order chi connectivity index (χ0) is 11.8. The highest BCUT2D eigenvalue weighted by Crippen LogP contribution is 2.13. The van der Waals surface area contributed by atoms with E-state index in [2.05, 4.69) is 11.3 Å². The van der Waals surface area contributed by atoms with E-state index in [0.29, 0.717) is 5.75 Å². The van der Waals surface area contributed by atoms with E-state index in [1.807, 2.05) is 0 Å². The number of hydrogen-bond donors (Lipinski definition) is 0. The van der Waals surface area contributed by atoms with Crippen molar-refractivity contribution in [2.75, 3.05) is 24.1 Å². The van der Waals surface area contributed by atoms with Crippen LogP contribution in [0.2, 0.25) is 0 Å². The lowest BCUT2D eigenvalue weighted by Crippen LogP contribution is -2.27. The summed E-state index contributed by atoms with van der Waals surface area (Å²) in [5.41, 5.74) is 0. The molecule has 1 fully saturated rings. The molecule has 0 spiro atoms. The Balaban J connectivity index is 2.10. The fourth-order valence-electron chi connectivity index (χ4n) is 1.46. The minimum Gasteiger partial charge on any atom is -0.425 e. The SMILES string of the molecule is C=CC(=O)OCOC(=O)C[S+]1CCCCC1. The van der Waals surface area contributed by atoms with Crippen molar-refractivity contribution < 1.29 is 19.1 Å². The maximum atomic E-state index is 11.3. The third-order valence-corrected chi connectivity index (χ3v) is 4.65. The molecule has 0 bridgehead atoms.